The Balaban J connectivity index is 1.22. The molecule has 3 amide bonds. The molecule has 2 N–H and O–H groups in total. The molecule has 3 fully saturated rings. The number of fused-ring (bicyclic) bond motifs is 1. The number of benzene rings is 1. The molecule has 7 nitrogen and oxygen atoms in total. The molecule has 0 aromatic heterocycles. The van der Waals surface area contributed by atoms with Gasteiger partial charge in [0.1, 0.15) is 23.6 Å². The first-order valence-corrected chi connectivity index (χ1v) is 12.2. The fraction of sp³-hybridized carbons (Fsp3) is 0.640. The summed E-state index contributed by atoms with van der Waals surface area (Å²) >= 11 is 0. The lowest BCUT2D eigenvalue weighted by atomic mass is 9.73. The molecule has 0 spiro atoms. The van der Waals surface area contributed by atoms with Crippen molar-refractivity contribution < 1.29 is 23.5 Å². The van der Waals surface area contributed by atoms with Gasteiger partial charge in [0.25, 0.3) is 5.91 Å². The van der Waals surface area contributed by atoms with Gasteiger partial charge in [0, 0.05) is 24.6 Å². The number of carbonyl (C=O) groups excluding carboxylic acids is 3. The minimum atomic E-state index is -1.00. The highest BCUT2D eigenvalue weighted by Crippen LogP contribution is 2.40. The van der Waals surface area contributed by atoms with Crippen LogP contribution in [-0.4, -0.2) is 53.0 Å². The second kappa shape index (κ2) is 8.70. The van der Waals surface area contributed by atoms with E-state index in [0.717, 1.165) is 43.5 Å². The van der Waals surface area contributed by atoms with Crippen molar-refractivity contribution in [2.75, 3.05) is 6.54 Å². The number of imide groups is 1. The van der Waals surface area contributed by atoms with Gasteiger partial charge in [0.15, 0.2) is 0 Å². The van der Waals surface area contributed by atoms with E-state index in [1.165, 1.54) is 0 Å². The largest absolute Gasteiger partial charge is 0.489 e. The van der Waals surface area contributed by atoms with Crippen LogP contribution in [0.1, 0.15) is 74.2 Å². The summed E-state index contributed by atoms with van der Waals surface area (Å²) in [5, 5.41) is 5.96. The molecule has 4 aliphatic rings. The number of nitrogens with zero attached hydrogens (tertiary/aromatic N) is 1. The molecule has 8 heteroatoms. The Bertz CT molecular complexity index is 957. The predicted octanol–water partition coefficient (Wildman–Crippen LogP) is 2.87. The second-order valence-electron chi connectivity index (χ2n) is 10.4. The average Bonchev–Trinajstić information content (AvgIpc) is 3.07. The molecule has 5 rings (SSSR count). The summed E-state index contributed by atoms with van der Waals surface area (Å²) in [7, 11) is 0. The number of nitrogens with one attached hydrogen (secondary N) is 2. The van der Waals surface area contributed by atoms with Crippen LogP contribution in [0.2, 0.25) is 0 Å². The molecule has 1 aromatic carbocycles. The summed E-state index contributed by atoms with van der Waals surface area (Å²) in [5.41, 5.74) is 0.433. The minimum Gasteiger partial charge on any atom is -0.489 e. The summed E-state index contributed by atoms with van der Waals surface area (Å²) in [6.07, 6.45) is 6.15. The molecule has 0 bridgehead atoms. The number of halogens is 1. The van der Waals surface area contributed by atoms with E-state index in [-0.39, 0.29) is 30.4 Å². The molecule has 2 heterocycles. The van der Waals surface area contributed by atoms with E-state index in [2.05, 4.69) is 10.6 Å². The van der Waals surface area contributed by atoms with E-state index >= 15 is 0 Å². The molecule has 3 atom stereocenters. The van der Waals surface area contributed by atoms with Crippen molar-refractivity contribution in [1.82, 2.24) is 15.5 Å². The Morgan fingerprint density at radius 1 is 1.18 bits per heavy atom. The summed E-state index contributed by atoms with van der Waals surface area (Å²) in [6.45, 7) is 2.84. The Hall–Kier alpha value is -2.48. The molecular formula is C25H32FN3O4. The molecule has 1 unspecified atom stereocenters. The van der Waals surface area contributed by atoms with Gasteiger partial charge in [-0.1, -0.05) is 6.42 Å². The van der Waals surface area contributed by atoms with Gasteiger partial charge in [-0.25, -0.2) is 4.39 Å². The van der Waals surface area contributed by atoms with Gasteiger partial charge in [-0.3, -0.25) is 19.7 Å². The van der Waals surface area contributed by atoms with Crippen molar-refractivity contribution in [2.45, 2.75) is 88.7 Å². The highest BCUT2D eigenvalue weighted by atomic mass is 19.1. The first kappa shape index (κ1) is 22.3. The second-order valence-corrected chi connectivity index (χ2v) is 10.4. The zero-order valence-corrected chi connectivity index (χ0v) is 19.1. The number of alkyl halides is 1. The Morgan fingerprint density at radius 3 is 2.73 bits per heavy atom. The van der Waals surface area contributed by atoms with E-state index in [1.54, 1.807) is 17.9 Å². The summed E-state index contributed by atoms with van der Waals surface area (Å²) in [6, 6.07) is 5.14. The quantitative estimate of drug-likeness (QED) is 0.642. The van der Waals surface area contributed by atoms with Gasteiger partial charge in [0.05, 0.1) is 0 Å². The van der Waals surface area contributed by atoms with E-state index in [4.69, 9.17) is 4.74 Å². The van der Waals surface area contributed by atoms with Crippen molar-refractivity contribution in [3.05, 3.63) is 29.3 Å². The SMILES string of the molecule is CC1(F)CC(CN[C@@H]2CCCC[C@@H]2Oc2ccc3c(c2)CN(C2CCC(=O)NC2=O)C3=O)C1. The van der Waals surface area contributed by atoms with Crippen LogP contribution in [0.4, 0.5) is 4.39 Å². The Kier molecular flexibility index (Phi) is 5.89. The Morgan fingerprint density at radius 2 is 1.97 bits per heavy atom. The fourth-order valence-corrected chi connectivity index (χ4v) is 5.88. The maximum Gasteiger partial charge on any atom is 0.255 e. The van der Waals surface area contributed by atoms with E-state index < -0.39 is 17.6 Å². The molecular weight excluding hydrogens is 425 g/mol. The minimum absolute atomic E-state index is 0.0389. The third-order valence-corrected chi connectivity index (χ3v) is 7.58. The number of carbonyl (C=O) groups is 3. The molecule has 2 aliphatic carbocycles. The number of hydrogen-bond donors (Lipinski definition) is 2. The van der Waals surface area contributed by atoms with Crippen LogP contribution >= 0.6 is 0 Å². The molecule has 0 radical (unpaired) electrons. The average molecular weight is 458 g/mol. The van der Waals surface area contributed by atoms with Crippen molar-refractivity contribution in [3.8, 4) is 5.75 Å². The van der Waals surface area contributed by atoms with Crippen molar-refractivity contribution in [2.24, 2.45) is 5.92 Å². The number of rotatable bonds is 6. The zero-order valence-electron chi connectivity index (χ0n) is 19.1. The maximum atomic E-state index is 13.8. The topological polar surface area (TPSA) is 87.7 Å². The zero-order chi connectivity index (χ0) is 23.2. The smallest absolute Gasteiger partial charge is 0.255 e. The molecule has 1 aromatic rings. The standard InChI is InChI=1S/C25H32FN3O4/c1-25(26)11-15(12-25)13-27-19-4-2-3-5-21(19)33-17-6-7-18-16(10-17)14-29(24(18)32)20-8-9-22(30)28-23(20)31/h6-7,10,15,19-21,27H,2-5,8-9,11-14H2,1H3,(H,28,30,31)/t15?,19-,20?,21+,25?/m1/s1. The first-order chi connectivity index (χ1) is 15.8. The van der Waals surface area contributed by atoms with E-state index in [0.29, 0.717) is 37.3 Å². The van der Waals surface area contributed by atoms with Crippen molar-refractivity contribution in [3.63, 3.8) is 0 Å². The van der Waals surface area contributed by atoms with Gasteiger partial charge >= 0.3 is 0 Å². The molecule has 2 saturated carbocycles. The number of piperidine rings is 1. The molecule has 1 saturated heterocycles. The van der Waals surface area contributed by atoms with E-state index in [1.807, 2.05) is 12.1 Å². The first-order valence-electron chi connectivity index (χ1n) is 12.2. The normalized spacial score (nSPS) is 34.0. The third-order valence-electron chi connectivity index (χ3n) is 7.58. The van der Waals surface area contributed by atoms with Crippen LogP contribution in [-0.2, 0) is 16.1 Å². The lowest BCUT2D eigenvalue weighted by Gasteiger charge is -2.41. The maximum absolute atomic E-state index is 13.8. The van der Waals surface area contributed by atoms with Crippen LogP contribution in [0.3, 0.4) is 0 Å². The summed E-state index contributed by atoms with van der Waals surface area (Å²) in [4.78, 5) is 38.1. The highest BCUT2D eigenvalue weighted by Gasteiger charge is 2.41. The van der Waals surface area contributed by atoms with E-state index in [9.17, 15) is 18.8 Å². The third kappa shape index (κ3) is 4.63. The predicted molar refractivity (Wildman–Crippen MR) is 119 cm³/mol. The molecule has 2 aliphatic heterocycles. The molecule has 33 heavy (non-hydrogen) atoms. The van der Waals surface area contributed by atoms with Crippen LogP contribution in [0.5, 0.6) is 5.75 Å². The van der Waals surface area contributed by atoms with Gasteiger partial charge in [-0.05, 0) is 81.7 Å². The lowest BCUT2D eigenvalue weighted by Crippen LogP contribution is -2.52. The number of amides is 3. The summed E-state index contributed by atoms with van der Waals surface area (Å²) in [5.74, 6) is 0.253. The van der Waals surface area contributed by atoms with Gasteiger partial charge in [0.2, 0.25) is 11.8 Å². The van der Waals surface area contributed by atoms with Crippen molar-refractivity contribution in [1.29, 1.82) is 0 Å². The van der Waals surface area contributed by atoms with Gasteiger partial charge < -0.3 is 15.0 Å². The van der Waals surface area contributed by atoms with Crippen LogP contribution in [0.25, 0.3) is 0 Å². The van der Waals surface area contributed by atoms with Gasteiger partial charge in [-0.2, -0.15) is 0 Å². The summed E-state index contributed by atoms with van der Waals surface area (Å²) < 4.78 is 20.2. The highest BCUT2D eigenvalue weighted by molar-refractivity contribution is 6.05. The van der Waals surface area contributed by atoms with Crippen LogP contribution < -0.4 is 15.4 Å². The monoisotopic (exact) mass is 457 g/mol. The van der Waals surface area contributed by atoms with Crippen molar-refractivity contribution >= 4 is 17.7 Å². The Labute approximate surface area is 193 Å². The van der Waals surface area contributed by atoms with Crippen LogP contribution in [0, 0.1) is 5.92 Å². The lowest BCUT2D eigenvalue weighted by molar-refractivity contribution is -0.136. The molecule has 178 valence electrons. The number of hydrogen-bond acceptors (Lipinski definition) is 5. The number of ether oxygens (including phenoxy) is 1. The van der Waals surface area contributed by atoms with Gasteiger partial charge in [-0.15, -0.1) is 0 Å². The fourth-order valence-electron chi connectivity index (χ4n) is 5.88. The van der Waals surface area contributed by atoms with Crippen LogP contribution in [0.15, 0.2) is 18.2 Å².